The van der Waals surface area contributed by atoms with Crippen LogP contribution in [0.2, 0.25) is 5.02 Å². The Kier molecular flexibility index (Phi) is 7.38. The summed E-state index contributed by atoms with van der Waals surface area (Å²) in [6.45, 7) is 0. The molecule has 37 heavy (non-hydrogen) atoms. The third-order valence-corrected chi connectivity index (χ3v) is 8.29. The third kappa shape index (κ3) is 5.44. The van der Waals surface area contributed by atoms with E-state index in [9.17, 15) is 19.2 Å². The molecule has 2 saturated carbocycles. The number of amides is 4. The SMILES string of the molecule is O=C(/C=C/c1ccc(Cl)cc1)Oc1c(Br)cc(Br)cc1/C=C1/C(=O)NC(=O)N([C@H]2C[C@H]3CC[C@H]2C3)C1=O. The highest BCUT2D eigenvalue weighted by molar-refractivity contribution is 9.11. The van der Waals surface area contributed by atoms with Gasteiger partial charge < -0.3 is 4.74 Å². The van der Waals surface area contributed by atoms with E-state index in [1.807, 2.05) is 0 Å². The molecule has 1 heterocycles. The number of imide groups is 2. The van der Waals surface area contributed by atoms with Crippen molar-refractivity contribution in [2.45, 2.75) is 31.7 Å². The number of urea groups is 1. The van der Waals surface area contributed by atoms with Crippen LogP contribution in [0, 0.1) is 11.8 Å². The molecule has 3 aliphatic rings. The molecule has 0 radical (unpaired) electrons. The number of nitrogens with one attached hydrogen (secondary N) is 1. The lowest BCUT2D eigenvalue weighted by atomic mass is 9.93. The molecule has 3 fully saturated rings. The minimum Gasteiger partial charge on any atom is -0.422 e. The number of benzene rings is 2. The van der Waals surface area contributed by atoms with Gasteiger partial charge in [-0.25, -0.2) is 9.59 Å². The first-order valence-corrected chi connectivity index (χ1v) is 13.7. The lowest BCUT2D eigenvalue weighted by Crippen LogP contribution is -2.58. The molecule has 190 valence electrons. The fraction of sp³-hybridized carbons (Fsp3) is 0.259. The van der Waals surface area contributed by atoms with Crippen molar-refractivity contribution in [3.05, 3.63) is 73.1 Å². The number of hydrogen-bond donors (Lipinski definition) is 1. The highest BCUT2D eigenvalue weighted by atomic mass is 79.9. The second-order valence-corrected chi connectivity index (χ2v) is 11.6. The molecule has 1 aliphatic heterocycles. The first-order valence-electron chi connectivity index (χ1n) is 11.7. The van der Waals surface area contributed by atoms with Gasteiger partial charge in [-0.3, -0.25) is 19.8 Å². The fourth-order valence-electron chi connectivity index (χ4n) is 5.32. The van der Waals surface area contributed by atoms with Crippen LogP contribution in [0.25, 0.3) is 12.2 Å². The summed E-state index contributed by atoms with van der Waals surface area (Å²) in [5, 5.41) is 2.89. The van der Waals surface area contributed by atoms with Crippen LogP contribution in [0.3, 0.4) is 0 Å². The zero-order valence-corrected chi connectivity index (χ0v) is 23.3. The van der Waals surface area contributed by atoms with Gasteiger partial charge in [0.15, 0.2) is 5.75 Å². The predicted octanol–water partition coefficient (Wildman–Crippen LogP) is 6.13. The number of ether oxygens (including phenoxy) is 1. The Hall–Kier alpha value is -2.75. The number of carbonyl (C=O) groups is 4. The summed E-state index contributed by atoms with van der Waals surface area (Å²) in [7, 11) is 0. The molecule has 2 aromatic rings. The van der Waals surface area contributed by atoms with Gasteiger partial charge in [0.25, 0.3) is 11.8 Å². The van der Waals surface area contributed by atoms with Crippen LogP contribution in [0.15, 0.2) is 57.0 Å². The van der Waals surface area contributed by atoms with Gasteiger partial charge in [-0.05, 0) is 89.0 Å². The summed E-state index contributed by atoms with van der Waals surface area (Å²) in [5.74, 6) is -1.18. The number of nitrogens with zero attached hydrogens (tertiary/aromatic N) is 1. The van der Waals surface area contributed by atoms with E-state index in [0.29, 0.717) is 25.4 Å². The molecule has 1 N–H and O–H groups in total. The van der Waals surface area contributed by atoms with Crippen molar-refractivity contribution in [1.82, 2.24) is 10.2 Å². The first-order chi connectivity index (χ1) is 17.7. The minimum absolute atomic E-state index is 0.130. The summed E-state index contributed by atoms with van der Waals surface area (Å²) < 4.78 is 6.66. The normalized spacial score (nSPS) is 24.3. The molecule has 4 amide bonds. The Morgan fingerprint density at radius 1 is 1.08 bits per heavy atom. The summed E-state index contributed by atoms with van der Waals surface area (Å²) >= 11 is 12.7. The number of carbonyl (C=O) groups excluding carboxylic acids is 4. The predicted molar refractivity (Wildman–Crippen MR) is 146 cm³/mol. The highest BCUT2D eigenvalue weighted by Gasteiger charge is 2.49. The topological polar surface area (TPSA) is 92.8 Å². The molecule has 7 nitrogen and oxygen atoms in total. The van der Waals surface area contributed by atoms with Crippen molar-refractivity contribution in [1.29, 1.82) is 0 Å². The largest absolute Gasteiger partial charge is 0.422 e. The second-order valence-electron chi connectivity index (χ2n) is 9.35. The van der Waals surface area contributed by atoms with E-state index in [2.05, 4.69) is 37.2 Å². The number of barbiturate groups is 1. The molecule has 1 saturated heterocycles. The maximum absolute atomic E-state index is 13.4. The van der Waals surface area contributed by atoms with E-state index < -0.39 is 23.8 Å². The molecule has 3 atom stereocenters. The summed E-state index contributed by atoms with van der Waals surface area (Å²) in [5.41, 5.74) is 0.880. The van der Waals surface area contributed by atoms with Gasteiger partial charge in [-0.15, -0.1) is 0 Å². The fourth-order valence-corrected chi connectivity index (χ4v) is 6.79. The molecule has 5 rings (SSSR count). The summed E-state index contributed by atoms with van der Waals surface area (Å²) in [6.07, 6.45) is 8.04. The van der Waals surface area contributed by atoms with Crippen LogP contribution in [0.4, 0.5) is 4.79 Å². The summed E-state index contributed by atoms with van der Waals surface area (Å²) in [6, 6.07) is 9.34. The molecule has 0 spiro atoms. The Labute approximate surface area is 235 Å². The lowest BCUT2D eigenvalue weighted by molar-refractivity contribution is -0.132. The van der Waals surface area contributed by atoms with E-state index in [1.54, 1.807) is 42.5 Å². The van der Waals surface area contributed by atoms with Gasteiger partial charge in [-0.1, -0.05) is 46.1 Å². The molecular formula is C27H21Br2ClN2O5. The number of hydrogen-bond acceptors (Lipinski definition) is 5. The van der Waals surface area contributed by atoms with E-state index in [1.165, 1.54) is 17.1 Å². The molecule has 0 aromatic heterocycles. The molecule has 2 bridgehead atoms. The monoisotopic (exact) mass is 646 g/mol. The van der Waals surface area contributed by atoms with E-state index in [0.717, 1.165) is 31.2 Å². The van der Waals surface area contributed by atoms with Crippen molar-refractivity contribution < 1.29 is 23.9 Å². The van der Waals surface area contributed by atoms with E-state index in [-0.39, 0.29) is 23.3 Å². The quantitative estimate of drug-likeness (QED) is 0.182. The van der Waals surface area contributed by atoms with Gasteiger partial charge in [0, 0.05) is 27.2 Å². The maximum atomic E-state index is 13.4. The van der Waals surface area contributed by atoms with Gasteiger partial charge in [0.05, 0.1) is 4.47 Å². The lowest BCUT2D eigenvalue weighted by Gasteiger charge is -2.35. The Bertz CT molecular complexity index is 1370. The Morgan fingerprint density at radius 3 is 2.51 bits per heavy atom. The number of esters is 1. The van der Waals surface area contributed by atoms with Gasteiger partial charge in [-0.2, -0.15) is 0 Å². The average Bonchev–Trinajstić information content (AvgIpc) is 3.47. The molecular weight excluding hydrogens is 628 g/mol. The molecule has 2 aliphatic carbocycles. The van der Waals surface area contributed by atoms with Crippen molar-refractivity contribution in [3.63, 3.8) is 0 Å². The smallest absolute Gasteiger partial charge is 0.336 e. The van der Waals surface area contributed by atoms with Crippen LogP contribution in [-0.4, -0.2) is 34.8 Å². The third-order valence-electron chi connectivity index (χ3n) is 6.99. The van der Waals surface area contributed by atoms with Crippen LogP contribution in [-0.2, 0) is 14.4 Å². The standard InChI is InChI=1S/C27H21Br2ClN2O5/c28-18-11-17(24(21(29)13-18)37-23(33)8-4-14-2-6-19(30)7-3-14)12-20-25(34)31-27(36)32(26(20)35)22-10-15-1-5-16(22)9-15/h2-4,6-8,11-13,15-16,22H,1,5,9-10H2,(H,31,34,36)/b8-4+,20-12-/t15-,16-,22-/m0/s1. The molecule has 2 aromatic carbocycles. The first kappa shape index (κ1) is 25.9. The van der Waals surface area contributed by atoms with Crippen LogP contribution >= 0.6 is 43.5 Å². The van der Waals surface area contributed by atoms with Crippen molar-refractivity contribution >= 4 is 79.4 Å². The van der Waals surface area contributed by atoms with Gasteiger partial charge in [0.1, 0.15) is 5.57 Å². The van der Waals surface area contributed by atoms with Crippen molar-refractivity contribution in [3.8, 4) is 5.75 Å². The minimum atomic E-state index is -0.787. The average molecular weight is 649 g/mol. The Morgan fingerprint density at radius 2 is 1.84 bits per heavy atom. The van der Waals surface area contributed by atoms with Gasteiger partial charge >= 0.3 is 12.0 Å². The number of rotatable bonds is 5. The Balaban J connectivity index is 1.43. The zero-order chi connectivity index (χ0) is 26.3. The molecule has 0 unspecified atom stereocenters. The van der Waals surface area contributed by atoms with Gasteiger partial charge in [0.2, 0.25) is 0 Å². The van der Waals surface area contributed by atoms with Crippen LogP contribution in [0.5, 0.6) is 5.75 Å². The van der Waals surface area contributed by atoms with Crippen LogP contribution < -0.4 is 10.1 Å². The summed E-state index contributed by atoms with van der Waals surface area (Å²) in [4.78, 5) is 52.6. The van der Waals surface area contributed by atoms with Crippen molar-refractivity contribution in [2.75, 3.05) is 0 Å². The molecule has 10 heteroatoms. The zero-order valence-electron chi connectivity index (χ0n) is 19.4. The number of fused-ring (bicyclic) bond motifs is 2. The highest BCUT2D eigenvalue weighted by Crippen LogP contribution is 2.47. The van der Waals surface area contributed by atoms with E-state index in [4.69, 9.17) is 16.3 Å². The van der Waals surface area contributed by atoms with Crippen molar-refractivity contribution in [2.24, 2.45) is 11.8 Å². The number of halogens is 3. The maximum Gasteiger partial charge on any atom is 0.336 e. The van der Waals surface area contributed by atoms with E-state index >= 15 is 0 Å². The van der Waals surface area contributed by atoms with Crippen LogP contribution in [0.1, 0.15) is 36.8 Å². The second kappa shape index (κ2) is 10.6.